The summed E-state index contributed by atoms with van der Waals surface area (Å²) in [5, 5.41) is 2.80. The molecular weight excluding hydrogens is 362 g/mol. The molecule has 6 atom stereocenters. The van der Waals surface area contributed by atoms with Gasteiger partial charge in [-0.15, -0.1) is 0 Å². The van der Waals surface area contributed by atoms with Crippen molar-refractivity contribution in [3.05, 3.63) is 11.6 Å². The van der Waals surface area contributed by atoms with Gasteiger partial charge in [0.2, 0.25) is 0 Å². The molecule has 1 aliphatic carbocycles. The van der Waals surface area contributed by atoms with Gasteiger partial charge in [0.1, 0.15) is 29.2 Å². The Morgan fingerprint density at radius 1 is 1.25 bits per heavy atom. The van der Waals surface area contributed by atoms with Gasteiger partial charge >= 0.3 is 5.97 Å². The van der Waals surface area contributed by atoms with Crippen LogP contribution in [0, 0.1) is 5.92 Å². The number of rotatable bonds is 9. The second-order valence-corrected chi connectivity index (χ2v) is 8.71. The molecule has 0 aromatic carbocycles. The van der Waals surface area contributed by atoms with Crippen LogP contribution in [0.1, 0.15) is 47.0 Å². The Morgan fingerprint density at radius 2 is 1.96 bits per heavy atom. The van der Waals surface area contributed by atoms with E-state index in [1.807, 2.05) is 0 Å². The van der Waals surface area contributed by atoms with Gasteiger partial charge in [-0.25, -0.2) is 0 Å². The zero-order chi connectivity index (χ0) is 20.5. The van der Waals surface area contributed by atoms with Gasteiger partial charge in [0.25, 0.3) is 0 Å². The number of allylic oxidation sites excluding steroid dienone is 1. The van der Waals surface area contributed by atoms with Gasteiger partial charge in [-0.05, 0) is 47.0 Å². The van der Waals surface area contributed by atoms with Crippen LogP contribution >= 0.6 is 0 Å². The summed E-state index contributed by atoms with van der Waals surface area (Å²) in [6, 6.07) is 0. The van der Waals surface area contributed by atoms with Crippen molar-refractivity contribution >= 4 is 11.8 Å². The minimum Gasteiger partial charge on any atom is -0.459 e. The lowest BCUT2D eigenvalue weighted by atomic mass is 9.68. The summed E-state index contributed by atoms with van der Waals surface area (Å²) in [6.45, 7) is 8.63. The molecule has 7 nitrogen and oxygen atoms in total. The van der Waals surface area contributed by atoms with Crippen LogP contribution in [-0.2, 0) is 28.5 Å². The summed E-state index contributed by atoms with van der Waals surface area (Å²) in [5.41, 5.74) is 0.693. The lowest BCUT2D eigenvalue weighted by molar-refractivity contribution is -0.170. The van der Waals surface area contributed by atoms with Gasteiger partial charge in [-0.2, -0.15) is 0 Å². The average molecular weight is 395 g/mol. The highest BCUT2D eigenvalue weighted by atomic mass is 16.6. The molecule has 0 aromatic heterocycles. The van der Waals surface area contributed by atoms with E-state index in [1.54, 1.807) is 7.11 Å². The summed E-state index contributed by atoms with van der Waals surface area (Å²) in [6.07, 6.45) is 4.07. The second-order valence-electron chi connectivity index (χ2n) is 8.71. The Labute approximate surface area is 167 Å². The number of nitrogens with one attached hydrogen (secondary N) is 1. The van der Waals surface area contributed by atoms with E-state index in [2.05, 4.69) is 32.2 Å². The van der Waals surface area contributed by atoms with E-state index in [0.29, 0.717) is 13.0 Å². The molecule has 0 bridgehead atoms. The third-order valence-electron chi connectivity index (χ3n) is 6.16. The molecular formula is C21H33NO6. The van der Waals surface area contributed by atoms with Gasteiger partial charge in [-0.3, -0.25) is 9.59 Å². The highest BCUT2D eigenvalue weighted by molar-refractivity contribution is 5.78. The van der Waals surface area contributed by atoms with E-state index in [9.17, 15) is 9.59 Å². The summed E-state index contributed by atoms with van der Waals surface area (Å²) >= 11 is 0. The molecule has 1 saturated carbocycles. The highest BCUT2D eigenvalue weighted by Crippen LogP contribution is 2.59. The number of ether oxygens (including phenoxy) is 4. The van der Waals surface area contributed by atoms with Crippen LogP contribution in [0.2, 0.25) is 0 Å². The van der Waals surface area contributed by atoms with E-state index in [4.69, 9.17) is 18.9 Å². The molecule has 1 spiro atoms. The molecule has 2 heterocycles. The lowest BCUT2D eigenvalue weighted by Crippen LogP contribution is -2.56. The molecule has 7 heteroatoms. The van der Waals surface area contributed by atoms with Crippen LogP contribution in [0.4, 0.5) is 0 Å². The zero-order valence-electron chi connectivity index (χ0n) is 17.6. The number of carbonyl (C=O) groups excluding carboxylic acids is 2. The van der Waals surface area contributed by atoms with Crippen molar-refractivity contribution in [2.45, 2.75) is 76.5 Å². The van der Waals surface area contributed by atoms with E-state index < -0.39 is 0 Å². The normalized spacial score (nSPS) is 38.8. The molecule has 1 N–H and O–H groups in total. The van der Waals surface area contributed by atoms with E-state index >= 15 is 0 Å². The molecule has 0 radical (unpaired) electrons. The van der Waals surface area contributed by atoms with Crippen LogP contribution in [0.5, 0.6) is 0 Å². The predicted octanol–water partition coefficient (Wildman–Crippen LogP) is 1.78. The van der Waals surface area contributed by atoms with Gasteiger partial charge < -0.3 is 24.3 Å². The molecule has 0 aromatic rings. The maximum Gasteiger partial charge on any atom is 0.320 e. The fraction of sp³-hybridized carbons (Fsp3) is 0.810. The standard InChI is InChI=1S/C21H33NO6/c1-13(2)6-7-16-20(4,28-16)19-18(25-5)15(8-9-21(19)12-26-21)27-17(24)11-22-10-14(3)23/h6,15-16,18-19,22H,7-12H2,1-5H3/t15-,16-,18-,19-,20-,21+/m1/s1. The molecule has 0 amide bonds. The van der Waals surface area contributed by atoms with Crippen molar-refractivity contribution in [1.29, 1.82) is 0 Å². The molecule has 3 rings (SSSR count). The Balaban J connectivity index is 1.66. The number of methoxy groups -OCH3 is 1. The average Bonchev–Trinajstić information content (AvgIpc) is 3.52. The van der Waals surface area contributed by atoms with Crippen LogP contribution in [-0.4, -0.2) is 68.1 Å². The first-order chi connectivity index (χ1) is 13.2. The van der Waals surface area contributed by atoms with Gasteiger partial charge in [0.15, 0.2) is 0 Å². The first-order valence-electron chi connectivity index (χ1n) is 10.1. The molecule has 3 fully saturated rings. The number of esters is 1. The Kier molecular flexibility index (Phi) is 6.29. The summed E-state index contributed by atoms with van der Waals surface area (Å²) in [4.78, 5) is 23.2. The Hall–Kier alpha value is -1.28. The van der Waals surface area contributed by atoms with Crippen LogP contribution in [0.25, 0.3) is 0 Å². The maximum atomic E-state index is 12.2. The molecule has 3 aliphatic rings. The Bertz CT molecular complexity index is 639. The SMILES string of the molecule is CO[C@@H]1[C@H](OC(=O)CNCC(C)=O)CC[C@]2(CO2)[C@H]1[C@]1(C)O[C@@H]1CC=C(C)C. The third kappa shape index (κ3) is 4.48. The van der Waals surface area contributed by atoms with Crippen molar-refractivity contribution in [2.75, 3.05) is 26.8 Å². The molecule has 28 heavy (non-hydrogen) atoms. The zero-order valence-corrected chi connectivity index (χ0v) is 17.6. The Morgan fingerprint density at radius 3 is 2.54 bits per heavy atom. The van der Waals surface area contributed by atoms with Crippen molar-refractivity contribution < 1.29 is 28.5 Å². The molecule has 158 valence electrons. The summed E-state index contributed by atoms with van der Waals surface area (Å²) < 4.78 is 23.6. The number of epoxide rings is 2. The topological polar surface area (TPSA) is 89.7 Å². The summed E-state index contributed by atoms with van der Waals surface area (Å²) in [5.74, 6) is -0.380. The minimum absolute atomic E-state index is 0.00971. The molecule has 2 aliphatic heterocycles. The van der Waals surface area contributed by atoms with Crippen LogP contribution in [0.15, 0.2) is 11.6 Å². The maximum absolute atomic E-state index is 12.2. The number of hydrogen-bond acceptors (Lipinski definition) is 7. The largest absolute Gasteiger partial charge is 0.459 e. The smallest absolute Gasteiger partial charge is 0.320 e. The monoisotopic (exact) mass is 395 g/mol. The third-order valence-corrected chi connectivity index (χ3v) is 6.16. The fourth-order valence-corrected chi connectivity index (χ4v) is 4.62. The first kappa shape index (κ1) is 21.4. The summed E-state index contributed by atoms with van der Waals surface area (Å²) in [7, 11) is 1.66. The number of carbonyl (C=O) groups is 2. The van der Waals surface area contributed by atoms with Crippen LogP contribution < -0.4 is 5.32 Å². The highest BCUT2D eigenvalue weighted by Gasteiger charge is 2.72. The van der Waals surface area contributed by atoms with Crippen molar-refractivity contribution in [1.82, 2.24) is 5.32 Å². The molecule has 0 unspecified atom stereocenters. The first-order valence-corrected chi connectivity index (χ1v) is 10.1. The van der Waals surface area contributed by atoms with Crippen molar-refractivity contribution in [3.63, 3.8) is 0 Å². The van der Waals surface area contributed by atoms with Gasteiger partial charge in [-0.1, -0.05) is 11.6 Å². The van der Waals surface area contributed by atoms with E-state index in [-0.39, 0.29) is 60.3 Å². The minimum atomic E-state index is -0.373. The van der Waals surface area contributed by atoms with Crippen LogP contribution in [0.3, 0.4) is 0 Å². The molecule has 2 saturated heterocycles. The number of Topliss-reactive ketones (excluding diaryl/α,β-unsaturated/α-hetero) is 1. The van der Waals surface area contributed by atoms with Crippen molar-refractivity contribution in [2.24, 2.45) is 5.92 Å². The second kappa shape index (κ2) is 8.22. The van der Waals surface area contributed by atoms with E-state index in [1.165, 1.54) is 12.5 Å². The lowest BCUT2D eigenvalue weighted by Gasteiger charge is -2.42. The van der Waals surface area contributed by atoms with Gasteiger partial charge in [0.05, 0.1) is 31.7 Å². The quantitative estimate of drug-likeness (QED) is 0.362. The van der Waals surface area contributed by atoms with E-state index in [0.717, 1.165) is 12.8 Å². The van der Waals surface area contributed by atoms with Gasteiger partial charge in [0, 0.05) is 7.11 Å². The fourth-order valence-electron chi connectivity index (χ4n) is 4.62. The number of hydrogen-bond donors (Lipinski definition) is 1. The predicted molar refractivity (Wildman–Crippen MR) is 103 cm³/mol. The van der Waals surface area contributed by atoms with Crippen molar-refractivity contribution in [3.8, 4) is 0 Å². The number of ketones is 1.